The fraction of sp³-hybridized carbons (Fsp3) is 0.292. The van der Waals surface area contributed by atoms with Crippen LogP contribution in [0.4, 0.5) is 13.2 Å². The summed E-state index contributed by atoms with van der Waals surface area (Å²) < 4.78 is 42.9. The van der Waals surface area contributed by atoms with E-state index in [1.165, 1.54) is 23.2 Å². The summed E-state index contributed by atoms with van der Waals surface area (Å²) in [4.78, 5) is 39.0. The van der Waals surface area contributed by atoms with Crippen molar-refractivity contribution in [3.63, 3.8) is 0 Å². The topological polar surface area (TPSA) is 88.8 Å². The van der Waals surface area contributed by atoms with E-state index in [2.05, 4.69) is 4.74 Å². The van der Waals surface area contributed by atoms with Crippen LogP contribution in [0.15, 0.2) is 54.7 Å². The number of Topliss-reactive ketones (excluding diaryl/α,β-unsaturated/α-hetero) is 1. The van der Waals surface area contributed by atoms with Crippen molar-refractivity contribution in [2.45, 2.75) is 38.2 Å². The Morgan fingerprint density at radius 2 is 1.85 bits per heavy atom. The van der Waals surface area contributed by atoms with E-state index in [4.69, 9.17) is 0 Å². The number of ether oxygens (including phenoxy) is 1. The molecule has 1 aliphatic rings. The summed E-state index contributed by atoms with van der Waals surface area (Å²) in [5.41, 5.74) is 1.03. The molecule has 0 radical (unpaired) electrons. The molecule has 2 aromatic carbocycles. The smallest absolute Gasteiger partial charge is 0.478 e. The zero-order chi connectivity index (χ0) is 24.5. The van der Waals surface area contributed by atoms with Gasteiger partial charge in [0.25, 0.3) is 0 Å². The molecule has 1 amide bonds. The number of aromatic nitrogens is 1. The van der Waals surface area contributed by atoms with Gasteiger partial charge < -0.3 is 19.3 Å². The second-order valence-electron chi connectivity index (χ2n) is 8.08. The van der Waals surface area contributed by atoms with Crippen molar-refractivity contribution in [2.75, 3.05) is 6.54 Å². The molecule has 3 aromatic rings. The standard InChI is InChI=1S/C24H21F3N2O5/c25-24(26,27)34-16-6-3-5-15(11-16)12-21(30)20-9-4-10-29(20)22(31)14-28-13-18(23(32)33)17-7-1-2-8-19(17)28/h1-3,5-8,11,13,20H,4,9-10,12,14H2,(H,32,33)/t20-/m0/s1. The van der Waals surface area contributed by atoms with Gasteiger partial charge in [-0.2, -0.15) is 0 Å². The van der Waals surface area contributed by atoms with Crippen LogP contribution in [0.25, 0.3) is 10.9 Å². The maximum atomic E-state index is 13.1. The van der Waals surface area contributed by atoms with Gasteiger partial charge in [-0.05, 0) is 36.6 Å². The number of aromatic carboxylic acids is 1. The van der Waals surface area contributed by atoms with Crippen molar-refractivity contribution in [2.24, 2.45) is 0 Å². The molecule has 2 heterocycles. The lowest BCUT2D eigenvalue weighted by atomic mass is 10.0. The van der Waals surface area contributed by atoms with Gasteiger partial charge in [-0.25, -0.2) is 4.79 Å². The number of para-hydroxylation sites is 1. The third-order valence-corrected chi connectivity index (χ3v) is 5.78. The van der Waals surface area contributed by atoms with Crippen LogP contribution in [-0.2, 0) is 22.6 Å². The molecule has 0 saturated carbocycles. The number of halogens is 3. The van der Waals surface area contributed by atoms with Crippen molar-refractivity contribution in [3.05, 3.63) is 65.9 Å². The summed E-state index contributed by atoms with van der Waals surface area (Å²) in [5, 5.41) is 9.97. The number of likely N-dealkylation sites (tertiary alicyclic amines) is 1. The quantitative estimate of drug-likeness (QED) is 0.558. The predicted octanol–water partition coefficient (Wildman–Crippen LogP) is 4.04. The van der Waals surface area contributed by atoms with Crippen molar-refractivity contribution in [1.82, 2.24) is 9.47 Å². The molecule has 1 atom stereocenters. The van der Waals surface area contributed by atoms with Gasteiger partial charge in [0.15, 0.2) is 5.78 Å². The minimum Gasteiger partial charge on any atom is -0.478 e. The van der Waals surface area contributed by atoms with Gasteiger partial charge in [-0.1, -0.05) is 30.3 Å². The lowest BCUT2D eigenvalue weighted by molar-refractivity contribution is -0.274. The van der Waals surface area contributed by atoms with Crippen LogP contribution < -0.4 is 4.74 Å². The van der Waals surface area contributed by atoms with Crippen LogP contribution in [0.5, 0.6) is 5.75 Å². The first-order valence-corrected chi connectivity index (χ1v) is 10.6. The molecule has 10 heteroatoms. The lowest BCUT2D eigenvalue weighted by Crippen LogP contribution is -2.42. The Labute approximate surface area is 192 Å². The summed E-state index contributed by atoms with van der Waals surface area (Å²) in [6.07, 6.45) is -2.49. The molecular formula is C24H21F3N2O5. The Balaban J connectivity index is 1.48. The molecule has 1 fully saturated rings. The Morgan fingerprint density at radius 3 is 2.59 bits per heavy atom. The molecule has 4 rings (SSSR count). The summed E-state index contributed by atoms with van der Waals surface area (Å²) in [6.45, 7) is 0.240. The van der Waals surface area contributed by atoms with Gasteiger partial charge in [0, 0.05) is 30.1 Å². The molecule has 0 bridgehead atoms. The molecule has 1 N–H and O–H groups in total. The first kappa shape index (κ1) is 23.3. The highest BCUT2D eigenvalue weighted by molar-refractivity contribution is 6.03. The number of hydrogen-bond acceptors (Lipinski definition) is 4. The van der Waals surface area contributed by atoms with Crippen LogP contribution in [0.3, 0.4) is 0 Å². The number of carboxylic acid groups (broad SMARTS) is 1. The maximum absolute atomic E-state index is 13.1. The summed E-state index contributed by atoms with van der Waals surface area (Å²) in [7, 11) is 0. The lowest BCUT2D eigenvalue weighted by Gasteiger charge is -2.24. The van der Waals surface area contributed by atoms with E-state index in [1.54, 1.807) is 28.8 Å². The van der Waals surface area contributed by atoms with Crippen LogP contribution in [-0.4, -0.2) is 51.2 Å². The highest BCUT2D eigenvalue weighted by Crippen LogP contribution is 2.26. The van der Waals surface area contributed by atoms with E-state index in [9.17, 15) is 32.7 Å². The number of benzene rings is 2. The van der Waals surface area contributed by atoms with Crippen molar-refractivity contribution >= 4 is 28.6 Å². The van der Waals surface area contributed by atoms with Crippen molar-refractivity contribution in [3.8, 4) is 5.75 Å². The average Bonchev–Trinajstić information content (AvgIpc) is 3.38. The van der Waals surface area contributed by atoms with Crippen LogP contribution in [0.2, 0.25) is 0 Å². The predicted molar refractivity (Wildman–Crippen MR) is 115 cm³/mol. The Morgan fingerprint density at radius 1 is 1.09 bits per heavy atom. The van der Waals surface area contributed by atoms with Crippen LogP contribution in [0.1, 0.15) is 28.8 Å². The Hall–Kier alpha value is -3.82. The zero-order valence-electron chi connectivity index (χ0n) is 17.9. The number of carbonyl (C=O) groups excluding carboxylic acids is 2. The third kappa shape index (κ3) is 5.05. The minimum absolute atomic E-state index is 0.0819. The molecule has 7 nitrogen and oxygen atoms in total. The zero-order valence-corrected chi connectivity index (χ0v) is 17.9. The van der Waals surface area contributed by atoms with Gasteiger partial charge in [0.1, 0.15) is 12.3 Å². The number of fused-ring (bicyclic) bond motifs is 1. The Kier molecular flexibility index (Phi) is 6.32. The number of rotatable bonds is 7. The normalized spacial score (nSPS) is 16.1. The number of alkyl halides is 3. The highest BCUT2D eigenvalue weighted by atomic mass is 19.4. The second kappa shape index (κ2) is 9.20. The summed E-state index contributed by atoms with van der Waals surface area (Å²) >= 11 is 0. The molecule has 0 spiro atoms. The number of amides is 1. The number of nitrogens with zero attached hydrogens (tertiary/aromatic N) is 2. The fourth-order valence-corrected chi connectivity index (χ4v) is 4.36. The van der Waals surface area contributed by atoms with Crippen molar-refractivity contribution in [1.29, 1.82) is 0 Å². The molecule has 0 unspecified atom stereocenters. The monoisotopic (exact) mass is 474 g/mol. The third-order valence-electron chi connectivity index (χ3n) is 5.78. The first-order valence-electron chi connectivity index (χ1n) is 10.6. The van der Waals surface area contributed by atoms with E-state index in [0.29, 0.717) is 35.9 Å². The molecule has 1 aromatic heterocycles. The van der Waals surface area contributed by atoms with Gasteiger partial charge >= 0.3 is 12.3 Å². The van der Waals surface area contributed by atoms with E-state index < -0.39 is 24.1 Å². The fourth-order valence-electron chi connectivity index (χ4n) is 4.36. The number of ketones is 1. The van der Waals surface area contributed by atoms with Gasteiger partial charge in [0.2, 0.25) is 5.91 Å². The van der Waals surface area contributed by atoms with Gasteiger partial charge in [0.05, 0.1) is 11.6 Å². The van der Waals surface area contributed by atoms with Gasteiger partial charge in [-0.15, -0.1) is 13.2 Å². The van der Waals surface area contributed by atoms with E-state index in [0.717, 1.165) is 12.1 Å². The van der Waals surface area contributed by atoms with E-state index in [-0.39, 0.29) is 30.2 Å². The molecule has 1 aliphatic heterocycles. The summed E-state index contributed by atoms with van der Waals surface area (Å²) in [5.74, 6) is -2.12. The minimum atomic E-state index is -4.83. The number of hydrogen-bond donors (Lipinski definition) is 1. The maximum Gasteiger partial charge on any atom is 0.573 e. The Bertz CT molecular complexity index is 1250. The molecule has 178 valence electrons. The van der Waals surface area contributed by atoms with E-state index >= 15 is 0 Å². The second-order valence-corrected chi connectivity index (χ2v) is 8.08. The molecule has 0 aliphatic carbocycles. The first-order chi connectivity index (χ1) is 16.1. The van der Waals surface area contributed by atoms with Crippen molar-refractivity contribution < 1.29 is 37.4 Å². The average molecular weight is 474 g/mol. The highest BCUT2D eigenvalue weighted by Gasteiger charge is 2.34. The summed E-state index contributed by atoms with van der Waals surface area (Å²) in [6, 6.07) is 11.4. The van der Waals surface area contributed by atoms with Gasteiger partial charge in [-0.3, -0.25) is 9.59 Å². The molecular weight excluding hydrogens is 453 g/mol. The van der Waals surface area contributed by atoms with Crippen LogP contribution in [0, 0.1) is 0 Å². The largest absolute Gasteiger partial charge is 0.573 e. The molecule has 1 saturated heterocycles. The van der Waals surface area contributed by atoms with E-state index in [1.807, 2.05) is 0 Å². The SMILES string of the molecule is O=C(O)c1cn(CC(=O)N2CCC[C@H]2C(=O)Cc2cccc(OC(F)(F)F)c2)c2ccccc12. The number of carbonyl (C=O) groups is 3. The number of carboxylic acids is 1. The molecule has 34 heavy (non-hydrogen) atoms. The van der Waals surface area contributed by atoms with Crippen LogP contribution >= 0.6 is 0 Å².